The number of aliphatic hydroxyl groups excluding tert-OH is 3. The highest BCUT2D eigenvalue weighted by Crippen LogP contribution is 2.17. The largest absolute Gasteiger partial charge is 0.394 e. The lowest BCUT2D eigenvalue weighted by Crippen LogP contribution is -2.50. The van der Waals surface area contributed by atoms with E-state index in [-0.39, 0.29) is 12.5 Å². The van der Waals surface area contributed by atoms with E-state index >= 15 is 0 Å². The van der Waals surface area contributed by atoms with Crippen molar-refractivity contribution in [2.75, 3.05) is 6.61 Å². The smallest absolute Gasteiger partial charge is 0.220 e. The van der Waals surface area contributed by atoms with Crippen LogP contribution in [-0.4, -0.2) is 46.1 Å². The highest BCUT2D eigenvalue weighted by molar-refractivity contribution is 5.76. The molecule has 0 spiro atoms. The Morgan fingerprint density at radius 1 is 0.457 bits per heavy atom. The third kappa shape index (κ3) is 31.9. The quantitative estimate of drug-likeness (QED) is 0.0499. The molecule has 5 heteroatoms. The summed E-state index contributed by atoms with van der Waals surface area (Å²) in [6.45, 7) is 4.19. The number of hydrogen-bond acceptors (Lipinski definition) is 4. The van der Waals surface area contributed by atoms with Gasteiger partial charge in [-0.25, -0.2) is 0 Å². The van der Waals surface area contributed by atoms with E-state index in [0.29, 0.717) is 12.8 Å². The van der Waals surface area contributed by atoms with Crippen molar-refractivity contribution < 1.29 is 20.1 Å². The Balaban J connectivity index is 3.61. The Morgan fingerprint density at radius 3 is 1.04 bits per heavy atom. The van der Waals surface area contributed by atoms with E-state index in [1.165, 1.54) is 173 Å². The highest BCUT2D eigenvalue weighted by atomic mass is 16.3. The Labute approximate surface area is 287 Å². The molecule has 0 radical (unpaired) electrons. The molecular weight excluding hydrogens is 570 g/mol. The summed E-state index contributed by atoms with van der Waals surface area (Å²) in [5.74, 6) is -0.141. The second kappa shape index (κ2) is 37.2. The molecule has 0 aromatic rings. The summed E-state index contributed by atoms with van der Waals surface area (Å²) >= 11 is 0. The number of aliphatic hydroxyl groups is 3. The maximum atomic E-state index is 12.4. The molecule has 0 saturated carbocycles. The van der Waals surface area contributed by atoms with Crippen molar-refractivity contribution in [2.24, 2.45) is 0 Å². The minimum atomic E-state index is -1.13. The fourth-order valence-electron chi connectivity index (χ4n) is 6.69. The van der Waals surface area contributed by atoms with Crippen LogP contribution in [0.25, 0.3) is 0 Å². The molecule has 0 aliphatic heterocycles. The van der Waals surface area contributed by atoms with Crippen LogP contribution < -0.4 is 5.32 Å². The van der Waals surface area contributed by atoms with Crippen LogP contribution in [0.5, 0.6) is 0 Å². The van der Waals surface area contributed by atoms with Crippen LogP contribution in [0.2, 0.25) is 0 Å². The Hall–Kier alpha value is -0.650. The first-order chi connectivity index (χ1) is 22.6. The lowest BCUT2D eigenvalue weighted by Gasteiger charge is -2.26. The molecular formula is C41H83NO4. The van der Waals surface area contributed by atoms with Gasteiger partial charge in [-0.3, -0.25) is 4.79 Å². The van der Waals surface area contributed by atoms with Gasteiger partial charge >= 0.3 is 0 Å². The molecule has 0 heterocycles. The van der Waals surface area contributed by atoms with E-state index in [9.17, 15) is 20.1 Å². The number of rotatable bonds is 38. The van der Waals surface area contributed by atoms with Crippen LogP contribution >= 0.6 is 0 Å². The van der Waals surface area contributed by atoms with Gasteiger partial charge in [0, 0.05) is 6.42 Å². The average molecular weight is 654 g/mol. The van der Waals surface area contributed by atoms with Crippen LogP contribution in [0.4, 0.5) is 0 Å². The van der Waals surface area contributed by atoms with Crippen molar-refractivity contribution in [2.45, 2.75) is 250 Å². The van der Waals surface area contributed by atoms with E-state index in [1.54, 1.807) is 0 Å². The van der Waals surface area contributed by atoms with E-state index in [4.69, 9.17) is 0 Å². The van der Waals surface area contributed by atoms with Gasteiger partial charge in [0.25, 0.3) is 0 Å². The second-order valence-corrected chi connectivity index (χ2v) is 14.6. The SMILES string of the molecule is CCCCCCCCCCCCCCCCCCC(=O)N[C@@H](CO)[C@H](O)[C@H](O)CCCCCCCCCCCCCCCCCC. The minimum Gasteiger partial charge on any atom is -0.394 e. The molecule has 0 unspecified atom stereocenters. The van der Waals surface area contributed by atoms with Gasteiger partial charge in [0.15, 0.2) is 0 Å². The number of carbonyl (C=O) groups excluding carboxylic acids is 1. The molecule has 0 aliphatic rings. The first-order valence-corrected chi connectivity index (χ1v) is 20.8. The van der Waals surface area contributed by atoms with Crippen LogP contribution in [-0.2, 0) is 4.79 Å². The molecule has 0 rings (SSSR count). The summed E-state index contributed by atoms with van der Waals surface area (Å²) in [6.07, 6.45) is 40.5. The highest BCUT2D eigenvalue weighted by Gasteiger charge is 2.26. The molecule has 0 aromatic carbocycles. The van der Waals surface area contributed by atoms with E-state index in [1.807, 2.05) is 0 Å². The molecule has 5 nitrogen and oxygen atoms in total. The summed E-state index contributed by atoms with van der Waals surface area (Å²) in [7, 11) is 0. The zero-order valence-corrected chi connectivity index (χ0v) is 31.2. The fourth-order valence-corrected chi connectivity index (χ4v) is 6.69. The molecule has 0 aliphatic carbocycles. The normalized spacial score (nSPS) is 13.6. The molecule has 276 valence electrons. The van der Waals surface area contributed by atoms with Crippen molar-refractivity contribution in [3.63, 3.8) is 0 Å². The predicted molar refractivity (Wildman–Crippen MR) is 199 cm³/mol. The summed E-state index contributed by atoms with van der Waals surface area (Å²) in [5, 5.41) is 33.5. The number of amides is 1. The zero-order valence-electron chi connectivity index (χ0n) is 31.2. The Kier molecular flexibility index (Phi) is 36.6. The Bertz CT molecular complexity index is 601. The summed E-state index contributed by atoms with van der Waals surface area (Å²) in [4.78, 5) is 12.4. The van der Waals surface area contributed by atoms with Crippen molar-refractivity contribution >= 4 is 5.91 Å². The van der Waals surface area contributed by atoms with Crippen molar-refractivity contribution in [3.8, 4) is 0 Å². The summed E-state index contributed by atoms with van der Waals surface area (Å²) in [6, 6.07) is -0.801. The van der Waals surface area contributed by atoms with E-state index in [0.717, 1.165) is 32.1 Å². The van der Waals surface area contributed by atoms with Gasteiger partial charge in [-0.05, 0) is 12.8 Å². The zero-order chi connectivity index (χ0) is 33.8. The number of hydrogen-bond donors (Lipinski definition) is 4. The topological polar surface area (TPSA) is 89.8 Å². The van der Waals surface area contributed by atoms with Crippen LogP contribution in [0.3, 0.4) is 0 Å². The lowest BCUT2D eigenvalue weighted by molar-refractivity contribution is -0.124. The number of carbonyl (C=O) groups is 1. The first-order valence-electron chi connectivity index (χ1n) is 20.8. The van der Waals surface area contributed by atoms with E-state index in [2.05, 4.69) is 19.2 Å². The van der Waals surface area contributed by atoms with E-state index < -0.39 is 18.2 Å². The number of unbranched alkanes of at least 4 members (excludes halogenated alkanes) is 30. The van der Waals surface area contributed by atoms with Gasteiger partial charge in [0.05, 0.1) is 18.8 Å². The molecule has 0 fully saturated rings. The third-order valence-corrected chi connectivity index (χ3v) is 9.96. The van der Waals surface area contributed by atoms with Gasteiger partial charge in [-0.15, -0.1) is 0 Å². The lowest BCUT2D eigenvalue weighted by atomic mass is 9.99. The minimum absolute atomic E-state index is 0.141. The first kappa shape index (κ1) is 45.3. The van der Waals surface area contributed by atoms with Gasteiger partial charge in [0.2, 0.25) is 5.91 Å². The monoisotopic (exact) mass is 654 g/mol. The van der Waals surface area contributed by atoms with Crippen LogP contribution in [0.15, 0.2) is 0 Å². The molecule has 3 atom stereocenters. The van der Waals surface area contributed by atoms with Crippen molar-refractivity contribution in [1.82, 2.24) is 5.32 Å². The summed E-state index contributed by atoms with van der Waals surface area (Å²) in [5.41, 5.74) is 0. The molecule has 4 N–H and O–H groups in total. The molecule has 1 amide bonds. The predicted octanol–water partition coefficient (Wildman–Crippen LogP) is 11.5. The molecule has 0 saturated heterocycles. The maximum Gasteiger partial charge on any atom is 0.220 e. The van der Waals surface area contributed by atoms with Gasteiger partial charge < -0.3 is 20.6 Å². The molecule has 0 bridgehead atoms. The van der Waals surface area contributed by atoms with Gasteiger partial charge in [0.1, 0.15) is 6.10 Å². The van der Waals surface area contributed by atoms with Gasteiger partial charge in [-0.1, -0.05) is 213 Å². The fraction of sp³-hybridized carbons (Fsp3) is 0.976. The third-order valence-electron chi connectivity index (χ3n) is 9.96. The van der Waals surface area contributed by atoms with Crippen LogP contribution in [0.1, 0.15) is 232 Å². The van der Waals surface area contributed by atoms with Crippen LogP contribution in [0, 0.1) is 0 Å². The maximum absolute atomic E-state index is 12.4. The second-order valence-electron chi connectivity index (χ2n) is 14.6. The van der Waals surface area contributed by atoms with Gasteiger partial charge in [-0.2, -0.15) is 0 Å². The summed E-state index contributed by atoms with van der Waals surface area (Å²) < 4.78 is 0. The van der Waals surface area contributed by atoms with Crippen molar-refractivity contribution in [3.05, 3.63) is 0 Å². The average Bonchev–Trinajstić information content (AvgIpc) is 3.06. The van der Waals surface area contributed by atoms with Crippen molar-refractivity contribution in [1.29, 1.82) is 0 Å². The molecule has 46 heavy (non-hydrogen) atoms. The molecule has 0 aromatic heterocycles. The standard InChI is InChI=1S/C41H83NO4/c1-3-5-7-9-11-13-15-17-19-21-23-25-27-29-31-33-35-39(44)41(46)38(37-43)42-40(45)36-34-32-30-28-26-24-22-20-18-16-14-12-10-8-6-4-2/h38-39,41,43-44,46H,3-37H2,1-2H3,(H,42,45)/t38-,39+,41-/m0/s1. The Morgan fingerprint density at radius 2 is 0.739 bits per heavy atom. The number of nitrogens with one attached hydrogen (secondary N) is 1.